The fourth-order valence-electron chi connectivity index (χ4n) is 1.68. The van der Waals surface area contributed by atoms with Crippen molar-refractivity contribution in [1.29, 1.82) is 0 Å². The van der Waals surface area contributed by atoms with Crippen molar-refractivity contribution in [3.8, 4) is 0 Å². The first-order valence-electron chi connectivity index (χ1n) is 5.47. The highest BCUT2D eigenvalue weighted by Crippen LogP contribution is 2.33. The van der Waals surface area contributed by atoms with Gasteiger partial charge in [-0.25, -0.2) is 0 Å². The lowest BCUT2D eigenvalue weighted by Crippen LogP contribution is -2.22. The van der Waals surface area contributed by atoms with Gasteiger partial charge in [0.2, 0.25) is 0 Å². The van der Waals surface area contributed by atoms with Crippen LogP contribution in [0.15, 0.2) is 4.90 Å². The summed E-state index contributed by atoms with van der Waals surface area (Å²) in [6.07, 6.45) is 2.38. The summed E-state index contributed by atoms with van der Waals surface area (Å²) >= 11 is 14.7. The molecule has 0 aliphatic carbocycles. The van der Waals surface area contributed by atoms with Gasteiger partial charge in [0.1, 0.15) is 0 Å². The molecule has 0 bridgehead atoms. The molecule has 16 heavy (non-hydrogen) atoms. The van der Waals surface area contributed by atoms with Gasteiger partial charge in [-0.3, -0.25) is 0 Å². The second kappa shape index (κ2) is 5.15. The van der Waals surface area contributed by atoms with Crippen molar-refractivity contribution in [1.82, 2.24) is 0 Å². The fraction of sp³-hybridized carbons (Fsp3) is 0.667. The van der Waals surface area contributed by atoms with Crippen molar-refractivity contribution in [2.45, 2.75) is 38.5 Å². The molecule has 1 aromatic rings. The highest BCUT2D eigenvalue weighted by atomic mass is 32.1. The van der Waals surface area contributed by atoms with Crippen LogP contribution in [0, 0.1) is 14.4 Å². The van der Waals surface area contributed by atoms with E-state index in [4.69, 9.17) is 24.4 Å². The average Bonchev–Trinajstić information content (AvgIpc) is 2.15. The van der Waals surface area contributed by atoms with E-state index in [1.54, 1.807) is 0 Å². The second-order valence-corrected chi connectivity index (χ2v) is 6.70. The third-order valence-corrected chi connectivity index (χ3v) is 4.18. The zero-order valence-corrected chi connectivity index (χ0v) is 12.9. The van der Waals surface area contributed by atoms with Gasteiger partial charge in [0.25, 0.3) is 0 Å². The van der Waals surface area contributed by atoms with Crippen LogP contribution in [-0.2, 0) is 0 Å². The molecule has 1 aromatic carbocycles. The van der Waals surface area contributed by atoms with Gasteiger partial charge in [0, 0.05) is 18.5 Å². The maximum atomic E-state index is 5.22. The quantitative estimate of drug-likeness (QED) is 0.632. The van der Waals surface area contributed by atoms with Gasteiger partial charge in [0.15, 0.2) is 0 Å². The minimum Gasteiger partial charge on any atom is -0.372 e. The first-order valence-corrected chi connectivity index (χ1v) is 6.74. The normalized spacial score (nSPS) is 12.1. The Balaban J connectivity index is 2.52. The highest BCUT2D eigenvalue weighted by molar-refractivity contribution is 7.81. The Labute approximate surface area is 114 Å². The Morgan fingerprint density at radius 2 is 1.75 bits per heavy atom. The molecule has 0 radical (unpaired) electrons. The number of nitrogens with zero attached hydrogens (tertiary/aromatic N) is 1. The lowest BCUT2D eigenvalue weighted by Gasteiger charge is -2.25. The molecule has 1 rings (SSSR count). The van der Waals surface area contributed by atoms with Gasteiger partial charge in [-0.2, -0.15) is 0 Å². The van der Waals surface area contributed by atoms with Crippen LogP contribution in [0.25, 0.3) is 0 Å². The van der Waals surface area contributed by atoms with E-state index in [1.165, 1.54) is 12.8 Å². The maximum Gasteiger partial charge on any atom is 0.0815 e. The first kappa shape index (κ1) is 14.1. The largest absolute Gasteiger partial charge is 0.372 e. The summed E-state index contributed by atoms with van der Waals surface area (Å²) in [5.74, 6) is 0. The second-order valence-electron chi connectivity index (χ2n) is 5.44. The van der Waals surface area contributed by atoms with Crippen molar-refractivity contribution in [3.63, 3.8) is 0 Å². The molecule has 1 nitrogen and oxygen atoms in total. The van der Waals surface area contributed by atoms with Crippen molar-refractivity contribution < 1.29 is 0 Å². The SMILES string of the molecule is CN(CCCC(C)(C)C)c1c(S)c(=S)c1=S. The summed E-state index contributed by atoms with van der Waals surface area (Å²) in [7, 11) is 2.06. The maximum absolute atomic E-state index is 5.22. The molecule has 0 amide bonds. The van der Waals surface area contributed by atoms with E-state index < -0.39 is 0 Å². The van der Waals surface area contributed by atoms with Crippen LogP contribution in [0.3, 0.4) is 0 Å². The van der Waals surface area contributed by atoms with Crippen LogP contribution < -0.4 is 4.90 Å². The molecule has 0 aliphatic rings. The number of hydrogen-bond donors (Lipinski definition) is 1. The number of anilines is 1. The molecule has 0 spiro atoms. The Bertz CT molecular complexity index is 436. The number of rotatable bonds is 4. The van der Waals surface area contributed by atoms with E-state index in [1.807, 2.05) is 0 Å². The molecular weight excluding hydrogens is 254 g/mol. The summed E-state index contributed by atoms with van der Waals surface area (Å²) in [5, 5.41) is 0. The van der Waals surface area contributed by atoms with Gasteiger partial charge < -0.3 is 4.90 Å². The summed E-state index contributed by atoms with van der Waals surface area (Å²) in [5.41, 5.74) is 1.45. The number of thiol groups is 1. The Kier molecular flexibility index (Phi) is 4.55. The predicted molar refractivity (Wildman–Crippen MR) is 79.7 cm³/mol. The van der Waals surface area contributed by atoms with Gasteiger partial charge in [-0.05, 0) is 18.3 Å². The molecular formula is C12H19NS3. The van der Waals surface area contributed by atoms with E-state index in [2.05, 4.69) is 45.3 Å². The van der Waals surface area contributed by atoms with E-state index in [0.29, 0.717) is 5.41 Å². The molecule has 0 heterocycles. The molecule has 0 N–H and O–H groups in total. The van der Waals surface area contributed by atoms with Gasteiger partial charge in [0.05, 0.1) is 14.7 Å². The van der Waals surface area contributed by atoms with Crippen molar-refractivity contribution in [3.05, 3.63) is 9.02 Å². The minimum absolute atomic E-state index is 0.397. The Morgan fingerprint density at radius 3 is 2.19 bits per heavy atom. The summed E-state index contributed by atoms with van der Waals surface area (Å²) < 4.78 is 1.55. The molecule has 0 saturated carbocycles. The topological polar surface area (TPSA) is 3.24 Å². The molecule has 0 aromatic heterocycles. The van der Waals surface area contributed by atoms with Crippen LogP contribution in [0.5, 0.6) is 0 Å². The van der Waals surface area contributed by atoms with E-state index in [0.717, 1.165) is 26.1 Å². The smallest absolute Gasteiger partial charge is 0.0815 e. The Morgan fingerprint density at radius 1 is 1.19 bits per heavy atom. The molecule has 4 heteroatoms. The number of hydrogen-bond acceptors (Lipinski definition) is 4. The van der Waals surface area contributed by atoms with Crippen LogP contribution >= 0.6 is 37.1 Å². The predicted octanol–water partition coefficient (Wildman–Crippen LogP) is 4.57. The van der Waals surface area contributed by atoms with E-state index in [9.17, 15) is 0 Å². The lowest BCUT2D eigenvalue weighted by atomic mass is 9.90. The first-order chi connectivity index (χ1) is 7.24. The molecule has 0 atom stereocenters. The van der Waals surface area contributed by atoms with Crippen LogP contribution in [-0.4, -0.2) is 13.6 Å². The summed E-state index contributed by atoms with van der Waals surface area (Å²) in [6.45, 7) is 7.80. The third-order valence-electron chi connectivity index (χ3n) is 2.66. The van der Waals surface area contributed by atoms with Gasteiger partial charge in [-0.15, -0.1) is 12.6 Å². The van der Waals surface area contributed by atoms with Gasteiger partial charge >= 0.3 is 0 Å². The van der Waals surface area contributed by atoms with Crippen molar-refractivity contribution in [2.24, 2.45) is 5.41 Å². The zero-order chi connectivity index (χ0) is 12.5. The van der Waals surface area contributed by atoms with E-state index in [-0.39, 0.29) is 0 Å². The van der Waals surface area contributed by atoms with Gasteiger partial charge in [-0.1, -0.05) is 45.2 Å². The summed E-state index contributed by atoms with van der Waals surface area (Å²) in [4.78, 5) is 3.06. The standard InChI is InChI=1S/C12H19NS3/c1-12(2,3)6-5-7-13(4)8-9(14)11(16)10(8)15/h14H,5-7H2,1-4H3. The molecule has 0 fully saturated rings. The molecule has 0 saturated heterocycles. The van der Waals surface area contributed by atoms with Crippen molar-refractivity contribution >= 4 is 42.8 Å². The molecule has 0 unspecified atom stereocenters. The van der Waals surface area contributed by atoms with Crippen LogP contribution in [0.1, 0.15) is 33.6 Å². The van der Waals surface area contributed by atoms with Crippen molar-refractivity contribution in [2.75, 3.05) is 18.5 Å². The highest BCUT2D eigenvalue weighted by Gasteiger charge is 2.16. The molecule has 90 valence electrons. The average molecular weight is 273 g/mol. The van der Waals surface area contributed by atoms with Crippen LogP contribution in [0.4, 0.5) is 5.69 Å². The fourth-order valence-corrected chi connectivity index (χ4v) is 2.78. The Hall–Kier alpha value is 0.0700. The summed E-state index contributed by atoms with van der Waals surface area (Å²) in [6, 6.07) is 0. The lowest BCUT2D eigenvalue weighted by molar-refractivity contribution is 0.367. The van der Waals surface area contributed by atoms with E-state index >= 15 is 0 Å². The third kappa shape index (κ3) is 3.28. The zero-order valence-electron chi connectivity index (χ0n) is 10.3. The minimum atomic E-state index is 0.397. The molecule has 0 aliphatic heterocycles. The van der Waals surface area contributed by atoms with Crippen LogP contribution in [0.2, 0.25) is 0 Å². The monoisotopic (exact) mass is 273 g/mol.